The number of hydrogen-bond donors (Lipinski definition) is 3. The normalized spacial score (nSPS) is 14.0. The predicted octanol–water partition coefficient (Wildman–Crippen LogP) is 4.93. The molecule has 2 unspecified atom stereocenters. The number of hydrogen-bond acceptors (Lipinski definition) is 3. The van der Waals surface area contributed by atoms with Crippen molar-refractivity contribution in [1.82, 2.24) is 10.6 Å². The summed E-state index contributed by atoms with van der Waals surface area (Å²) in [6.07, 6.45) is 0.793. The van der Waals surface area contributed by atoms with Crippen LogP contribution in [0.5, 0.6) is 5.75 Å². The van der Waals surface area contributed by atoms with Crippen LogP contribution in [-0.2, 0) is 11.2 Å². The first kappa shape index (κ1) is 23.0. The fraction of sp³-hybridized carbons (Fsp3) is 0.200. The molecule has 0 saturated carbocycles. The highest BCUT2D eigenvalue weighted by atomic mass is 35.5. The minimum atomic E-state index is -0.704. The summed E-state index contributed by atoms with van der Waals surface area (Å²) in [6.45, 7) is 0.630. The highest BCUT2D eigenvalue weighted by molar-refractivity contribution is 6.33. The molecule has 170 valence electrons. The molecule has 0 radical (unpaired) electrons. The number of amides is 3. The van der Waals surface area contributed by atoms with E-state index in [2.05, 4.69) is 10.6 Å². The first-order chi connectivity index (χ1) is 15.9. The Balaban J connectivity index is 1.64. The zero-order chi connectivity index (χ0) is 23.4. The van der Waals surface area contributed by atoms with Crippen molar-refractivity contribution >= 4 is 35.1 Å². The van der Waals surface area contributed by atoms with Gasteiger partial charge in [0.05, 0.1) is 25.1 Å². The fourth-order valence-corrected chi connectivity index (χ4v) is 4.38. The van der Waals surface area contributed by atoms with Gasteiger partial charge in [0, 0.05) is 16.5 Å². The van der Waals surface area contributed by atoms with Crippen molar-refractivity contribution in [3.63, 3.8) is 0 Å². The third-order valence-corrected chi connectivity index (χ3v) is 6.11. The lowest BCUT2D eigenvalue weighted by atomic mass is 9.95. The van der Waals surface area contributed by atoms with E-state index in [4.69, 9.17) is 33.7 Å². The monoisotopic (exact) mass is 483 g/mol. The molecule has 4 rings (SSSR count). The maximum Gasteiger partial charge on any atom is 0.312 e. The summed E-state index contributed by atoms with van der Waals surface area (Å²) in [4.78, 5) is 24.7. The number of rotatable bonds is 7. The molecule has 0 bridgehead atoms. The summed E-state index contributed by atoms with van der Waals surface area (Å²) in [5.74, 6) is 0.561. The average Bonchev–Trinajstić information content (AvgIpc) is 3.27. The maximum atomic E-state index is 13.2. The second-order valence-electron chi connectivity index (χ2n) is 7.81. The molecule has 4 N–H and O–H groups in total. The molecule has 1 heterocycles. The van der Waals surface area contributed by atoms with Crippen LogP contribution in [0.2, 0.25) is 10.0 Å². The molecule has 0 spiro atoms. The highest BCUT2D eigenvalue weighted by Crippen LogP contribution is 2.34. The number of benzene rings is 3. The van der Waals surface area contributed by atoms with Crippen molar-refractivity contribution in [3.05, 3.63) is 99.0 Å². The Bertz CT molecular complexity index is 1170. The van der Waals surface area contributed by atoms with E-state index in [0.717, 1.165) is 28.9 Å². The second-order valence-corrected chi connectivity index (χ2v) is 8.65. The summed E-state index contributed by atoms with van der Waals surface area (Å²) >= 11 is 12.8. The number of primary amides is 1. The number of fused-ring (bicyclic) bond motifs is 1. The summed E-state index contributed by atoms with van der Waals surface area (Å²) in [7, 11) is 0. The van der Waals surface area contributed by atoms with E-state index in [-0.39, 0.29) is 12.3 Å². The lowest BCUT2D eigenvalue weighted by molar-refractivity contribution is -0.122. The zero-order valence-corrected chi connectivity index (χ0v) is 19.2. The Kier molecular flexibility index (Phi) is 7.06. The van der Waals surface area contributed by atoms with Crippen LogP contribution in [-0.4, -0.2) is 18.5 Å². The summed E-state index contributed by atoms with van der Waals surface area (Å²) in [5.41, 5.74) is 8.73. The third-order valence-electron chi connectivity index (χ3n) is 5.53. The maximum absolute atomic E-state index is 13.2. The zero-order valence-electron chi connectivity index (χ0n) is 17.7. The number of carbonyl (C=O) groups is 2. The number of nitrogens with two attached hydrogens (primary N) is 1. The molecule has 6 nitrogen and oxygen atoms in total. The van der Waals surface area contributed by atoms with Crippen molar-refractivity contribution < 1.29 is 14.3 Å². The Morgan fingerprint density at radius 3 is 2.52 bits per heavy atom. The van der Waals surface area contributed by atoms with Crippen LogP contribution >= 0.6 is 23.2 Å². The van der Waals surface area contributed by atoms with Crippen LogP contribution in [0.15, 0.2) is 66.7 Å². The molecule has 1 aliphatic heterocycles. The number of halogens is 2. The SMILES string of the molecule is NC(=O)NC(CC(=O)NC(c1ccc2c(c1)CCO2)c1cc(Cl)ccc1Cl)c1ccccc1. The topological polar surface area (TPSA) is 93.5 Å². The predicted molar refractivity (Wildman–Crippen MR) is 129 cm³/mol. The smallest absolute Gasteiger partial charge is 0.312 e. The molecule has 0 aliphatic carbocycles. The van der Waals surface area contributed by atoms with Gasteiger partial charge in [0.15, 0.2) is 0 Å². The minimum absolute atomic E-state index is 0.00428. The van der Waals surface area contributed by atoms with Gasteiger partial charge in [-0.15, -0.1) is 0 Å². The minimum Gasteiger partial charge on any atom is -0.493 e. The van der Waals surface area contributed by atoms with E-state index in [0.29, 0.717) is 22.2 Å². The molecule has 3 aromatic rings. The Labute approximate surface area is 202 Å². The van der Waals surface area contributed by atoms with E-state index in [1.54, 1.807) is 18.2 Å². The largest absolute Gasteiger partial charge is 0.493 e. The Morgan fingerprint density at radius 1 is 0.970 bits per heavy atom. The number of carbonyl (C=O) groups excluding carboxylic acids is 2. The molecule has 33 heavy (non-hydrogen) atoms. The molecule has 0 saturated heterocycles. The highest BCUT2D eigenvalue weighted by Gasteiger charge is 2.25. The standard InChI is InChI=1S/C25H23Cl2N3O3/c26-18-7-8-20(27)19(13-18)24(17-6-9-22-16(12-17)10-11-33-22)30-23(31)14-21(29-25(28)32)15-4-2-1-3-5-15/h1-9,12-13,21,24H,10-11,14H2,(H,30,31)(H3,28,29,32). The van der Waals surface area contributed by atoms with Crippen LogP contribution in [0.4, 0.5) is 4.79 Å². The number of urea groups is 1. The van der Waals surface area contributed by atoms with E-state index >= 15 is 0 Å². The molecule has 8 heteroatoms. The van der Waals surface area contributed by atoms with Gasteiger partial charge in [0.1, 0.15) is 5.75 Å². The van der Waals surface area contributed by atoms with E-state index in [1.807, 2.05) is 48.5 Å². The van der Waals surface area contributed by atoms with Gasteiger partial charge >= 0.3 is 6.03 Å². The van der Waals surface area contributed by atoms with Crippen LogP contribution in [0.3, 0.4) is 0 Å². The average molecular weight is 484 g/mol. The van der Waals surface area contributed by atoms with Gasteiger partial charge in [-0.2, -0.15) is 0 Å². The molecule has 2 atom stereocenters. The van der Waals surface area contributed by atoms with Gasteiger partial charge in [-0.1, -0.05) is 59.6 Å². The molecule has 0 fully saturated rings. The number of ether oxygens (including phenoxy) is 1. The van der Waals surface area contributed by atoms with Gasteiger partial charge < -0.3 is 21.1 Å². The first-order valence-corrected chi connectivity index (χ1v) is 11.3. The van der Waals surface area contributed by atoms with Crippen molar-refractivity contribution in [3.8, 4) is 5.75 Å². The lowest BCUT2D eigenvalue weighted by Gasteiger charge is -2.24. The van der Waals surface area contributed by atoms with Crippen LogP contribution in [0, 0.1) is 0 Å². The quantitative estimate of drug-likeness (QED) is 0.444. The van der Waals surface area contributed by atoms with Crippen LogP contribution in [0.25, 0.3) is 0 Å². The first-order valence-electron chi connectivity index (χ1n) is 10.5. The third kappa shape index (κ3) is 5.59. The van der Waals surface area contributed by atoms with Crippen molar-refractivity contribution in [2.75, 3.05) is 6.61 Å². The van der Waals surface area contributed by atoms with E-state index < -0.39 is 18.1 Å². The lowest BCUT2D eigenvalue weighted by Crippen LogP contribution is -2.37. The molecule has 3 aromatic carbocycles. The van der Waals surface area contributed by atoms with Crippen molar-refractivity contribution in [2.24, 2.45) is 5.73 Å². The molecular weight excluding hydrogens is 461 g/mol. The van der Waals surface area contributed by atoms with Gasteiger partial charge in [-0.05, 0) is 52.6 Å². The summed E-state index contributed by atoms with van der Waals surface area (Å²) in [6, 6.07) is 18.3. The Hall–Kier alpha value is -3.22. The fourth-order valence-electron chi connectivity index (χ4n) is 3.98. The van der Waals surface area contributed by atoms with E-state index in [1.165, 1.54) is 0 Å². The van der Waals surface area contributed by atoms with Gasteiger partial charge in [0.25, 0.3) is 0 Å². The Morgan fingerprint density at radius 2 is 1.76 bits per heavy atom. The molecular formula is C25H23Cl2N3O3. The van der Waals surface area contributed by atoms with E-state index in [9.17, 15) is 9.59 Å². The van der Waals surface area contributed by atoms with Crippen molar-refractivity contribution in [2.45, 2.75) is 24.9 Å². The summed E-state index contributed by atoms with van der Waals surface area (Å²) < 4.78 is 5.61. The van der Waals surface area contributed by atoms with Crippen LogP contribution < -0.4 is 21.1 Å². The molecule has 3 amide bonds. The van der Waals surface area contributed by atoms with Crippen molar-refractivity contribution in [1.29, 1.82) is 0 Å². The van der Waals surface area contributed by atoms with Gasteiger partial charge in [-0.25, -0.2) is 4.79 Å². The summed E-state index contributed by atoms with van der Waals surface area (Å²) in [5, 5.41) is 6.71. The number of nitrogens with one attached hydrogen (secondary N) is 2. The molecule has 1 aliphatic rings. The molecule has 0 aromatic heterocycles. The van der Waals surface area contributed by atoms with Crippen LogP contribution in [0.1, 0.15) is 40.8 Å². The van der Waals surface area contributed by atoms with Gasteiger partial charge in [0.2, 0.25) is 5.91 Å². The van der Waals surface area contributed by atoms with Gasteiger partial charge in [-0.3, -0.25) is 4.79 Å². The second kappa shape index (κ2) is 10.1.